The number of nitrogens with one attached hydrogen (secondary N) is 1. The fourth-order valence-corrected chi connectivity index (χ4v) is 3.90. The third-order valence-corrected chi connectivity index (χ3v) is 6.02. The molecule has 0 unspecified atom stereocenters. The van der Waals surface area contributed by atoms with E-state index in [1.54, 1.807) is 19.9 Å². The monoisotopic (exact) mass is 354 g/mol. The summed E-state index contributed by atoms with van der Waals surface area (Å²) in [4.78, 5) is 23.4. The van der Waals surface area contributed by atoms with Gasteiger partial charge >= 0.3 is 5.97 Å². The Bertz CT molecular complexity index is 737. The number of sulfonamides is 1. The first-order valence-corrected chi connectivity index (χ1v) is 9.47. The lowest BCUT2D eigenvalue weighted by molar-refractivity contribution is 0.0696. The van der Waals surface area contributed by atoms with Crippen LogP contribution in [0.25, 0.3) is 0 Å². The summed E-state index contributed by atoms with van der Waals surface area (Å²) in [7, 11) is -3.19. The van der Waals surface area contributed by atoms with Crippen molar-refractivity contribution in [3.63, 3.8) is 0 Å². The topological polar surface area (TPSA) is 104 Å². The molecule has 0 spiro atoms. The van der Waals surface area contributed by atoms with Gasteiger partial charge in [-0.2, -0.15) is 0 Å². The maximum Gasteiger partial charge on any atom is 0.335 e. The van der Waals surface area contributed by atoms with Crippen LogP contribution >= 0.6 is 0 Å². The standard InChI is InChI=1S/C16H22N2O5S/c1-3-24(22,23)18-6-4-14(5-7-18)17-15(19)12-8-11(2)9-13(10-12)16(20)21/h8-10,14H,3-7H2,1-2H3,(H,17,19)(H,20,21). The molecule has 2 rings (SSSR count). The molecule has 8 heteroatoms. The van der Waals surface area contributed by atoms with E-state index in [9.17, 15) is 18.0 Å². The summed E-state index contributed by atoms with van der Waals surface area (Å²) in [6, 6.07) is 4.38. The van der Waals surface area contributed by atoms with Gasteiger partial charge in [-0.1, -0.05) is 0 Å². The van der Waals surface area contributed by atoms with Crippen LogP contribution in [-0.4, -0.2) is 54.6 Å². The van der Waals surface area contributed by atoms with Crippen LogP contribution in [-0.2, 0) is 10.0 Å². The maximum absolute atomic E-state index is 12.3. The zero-order valence-electron chi connectivity index (χ0n) is 13.8. The number of rotatable bonds is 5. The summed E-state index contributed by atoms with van der Waals surface area (Å²) < 4.78 is 25.1. The number of aromatic carboxylic acids is 1. The Labute approximate surface area is 141 Å². The molecule has 0 atom stereocenters. The number of piperidine rings is 1. The Balaban J connectivity index is 2.01. The van der Waals surface area contributed by atoms with Crippen molar-refractivity contribution in [2.45, 2.75) is 32.7 Å². The predicted molar refractivity (Wildman–Crippen MR) is 89.7 cm³/mol. The lowest BCUT2D eigenvalue weighted by Gasteiger charge is -2.31. The molecular weight excluding hydrogens is 332 g/mol. The van der Waals surface area contributed by atoms with Gasteiger partial charge in [0.1, 0.15) is 0 Å². The molecule has 2 N–H and O–H groups in total. The number of nitrogens with zero attached hydrogens (tertiary/aromatic N) is 1. The van der Waals surface area contributed by atoms with Crippen molar-refractivity contribution >= 4 is 21.9 Å². The normalized spacial score (nSPS) is 16.8. The summed E-state index contributed by atoms with van der Waals surface area (Å²) in [6.07, 6.45) is 1.09. The van der Waals surface area contributed by atoms with E-state index in [-0.39, 0.29) is 23.3 Å². The number of amides is 1. The first-order valence-electron chi connectivity index (χ1n) is 7.86. The number of benzene rings is 1. The van der Waals surface area contributed by atoms with Gasteiger partial charge in [0.25, 0.3) is 5.91 Å². The highest BCUT2D eigenvalue weighted by atomic mass is 32.2. The smallest absolute Gasteiger partial charge is 0.335 e. The summed E-state index contributed by atoms with van der Waals surface area (Å²) in [5, 5.41) is 11.9. The molecule has 1 saturated heterocycles. The highest BCUT2D eigenvalue weighted by Crippen LogP contribution is 2.16. The number of hydrogen-bond donors (Lipinski definition) is 2. The first-order chi connectivity index (χ1) is 11.2. The molecule has 24 heavy (non-hydrogen) atoms. The molecule has 132 valence electrons. The van der Waals surface area contributed by atoms with Crippen molar-refractivity contribution in [1.82, 2.24) is 9.62 Å². The van der Waals surface area contributed by atoms with E-state index >= 15 is 0 Å². The van der Waals surface area contributed by atoms with Crippen LogP contribution in [0.15, 0.2) is 18.2 Å². The second kappa shape index (κ2) is 7.31. The molecule has 1 aliphatic rings. The van der Waals surface area contributed by atoms with E-state index in [1.807, 2.05) is 0 Å². The Hall–Kier alpha value is -1.93. The third kappa shape index (κ3) is 4.33. The molecule has 1 aliphatic heterocycles. The highest BCUT2D eigenvalue weighted by Gasteiger charge is 2.27. The summed E-state index contributed by atoms with van der Waals surface area (Å²) in [5.74, 6) is -1.34. The van der Waals surface area contributed by atoms with Crippen LogP contribution in [0.4, 0.5) is 0 Å². The number of aryl methyl sites for hydroxylation is 1. The summed E-state index contributed by atoms with van der Waals surface area (Å²) >= 11 is 0. The fourth-order valence-electron chi connectivity index (χ4n) is 2.77. The second-order valence-corrected chi connectivity index (χ2v) is 8.20. The lowest BCUT2D eigenvalue weighted by atomic mass is 10.0. The molecular formula is C16H22N2O5S. The van der Waals surface area contributed by atoms with Crippen molar-refractivity contribution in [3.05, 3.63) is 34.9 Å². The number of carboxylic acid groups (broad SMARTS) is 1. The van der Waals surface area contributed by atoms with Crippen molar-refractivity contribution in [3.8, 4) is 0 Å². The number of hydrogen-bond acceptors (Lipinski definition) is 4. The molecule has 0 saturated carbocycles. The SMILES string of the molecule is CCS(=O)(=O)N1CCC(NC(=O)c2cc(C)cc(C(=O)O)c2)CC1. The molecule has 1 aromatic rings. The fraction of sp³-hybridized carbons (Fsp3) is 0.500. The lowest BCUT2D eigenvalue weighted by Crippen LogP contribution is -2.46. The second-order valence-electron chi connectivity index (χ2n) is 5.94. The molecule has 0 aromatic heterocycles. The van der Waals surface area contributed by atoms with Crippen molar-refractivity contribution < 1.29 is 23.1 Å². The maximum atomic E-state index is 12.3. The van der Waals surface area contributed by atoms with E-state index in [4.69, 9.17) is 5.11 Å². The molecule has 0 bridgehead atoms. The number of carboxylic acids is 1. The van der Waals surface area contributed by atoms with Crippen molar-refractivity contribution in [2.24, 2.45) is 0 Å². The number of carbonyl (C=O) groups is 2. The zero-order valence-corrected chi connectivity index (χ0v) is 14.6. The Morgan fingerprint density at radius 3 is 2.33 bits per heavy atom. The first kappa shape index (κ1) is 18.4. The molecule has 7 nitrogen and oxygen atoms in total. The van der Waals surface area contributed by atoms with E-state index in [1.165, 1.54) is 16.4 Å². The minimum absolute atomic E-state index is 0.0732. The van der Waals surface area contributed by atoms with Gasteiger partial charge in [-0.25, -0.2) is 17.5 Å². The summed E-state index contributed by atoms with van der Waals surface area (Å²) in [6.45, 7) is 4.11. The van der Waals surface area contributed by atoms with E-state index < -0.39 is 16.0 Å². The van der Waals surface area contributed by atoms with Gasteiger partial charge in [0, 0.05) is 24.7 Å². The average Bonchev–Trinajstić information content (AvgIpc) is 2.54. The number of carbonyl (C=O) groups excluding carboxylic acids is 1. The van der Waals surface area contributed by atoms with Crippen LogP contribution in [0.5, 0.6) is 0 Å². The van der Waals surface area contributed by atoms with Crippen LogP contribution in [0.2, 0.25) is 0 Å². The Kier molecular flexibility index (Phi) is 5.61. The van der Waals surface area contributed by atoms with E-state index in [2.05, 4.69) is 5.32 Å². The van der Waals surface area contributed by atoms with Crippen LogP contribution in [0.1, 0.15) is 46.0 Å². The molecule has 1 aromatic carbocycles. The molecule has 1 amide bonds. The molecule has 1 fully saturated rings. The van der Waals surface area contributed by atoms with E-state index in [0.29, 0.717) is 37.1 Å². The van der Waals surface area contributed by atoms with Gasteiger partial charge in [0.15, 0.2) is 0 Å². The minimum atomic E-state index is -3.19. The minimum Gasteiger partial charge on any atom is -0.478 e. The van der Waals surface area contributed by atoms with Crippen LogP contribution in [0, 0.1) is 6.92 Å². The quantitative estimate of drug-likeness (QED) is 0.828. The van der Waals surface area contributed by atoms with Gasteiger partial charge < -0.3 is 10.4 Å². The largest absolute Gasteiger partial charge is 0.478 e. The van der Waals surface area contributed by atoms with Gasteiger partial charge in [0.2, 0.25) is 10.0 Å². The average molecular weight is 354 g/mol. The highest BCUT2D eigenvalue weighted by molar-refractivity contribution is 7.89. The van der Waals surface area contributed by atoms with Gasteiger partial charge in [-0.15, -0.1) is 0 Å². The van der Waals surface area contributed by atoms with Gasteiger partial charge in [-0.3, -0.25) is 4.79 Å². The van der Waals surface area contributed by atoms with Crippen LogP contribution < -0.4 is 5.32 Å². The van der Waals surface area contributed by atoms with Crippen molar-refractivity contribution in [2.75, 3.05) is 18.8 Å². The predicted octanol–water partition coefficient (Wildman–Crippen LogP) is 1.24. The molecule has 0 aliphatic carbocycles. The van der Waals surface area contributed by atoms with Crippen LogP contribution in [0.3, 0.4) is 0 Å². The Morgan fingerprint density at radius 2 is 1.79 bits per heavy atom. The zero-order chi connectivity index (χ0) is 17.9. The molecule has 0 radical (unpaired) electrons. The third-order valence-electron chi connectivity index (χ3n) is 4.13. The Morgan fingerprint density at radius 1 is 1.21 bits per heavy atom. The van der Waals surface area contributed by atoms with Gasteiger partial charge in [0.05, 0.1) is 11.3 Å². The van der Waals surface area contributed by atoms with Crippen molar-refractivity contribution in [1.29, 1.82) is 0 Å². The molecule has 1 heterocycles. The van der Waals surface area contributed by atoms with E-state index in [0.717, 1.165) is 0 Å². The summed E-state index contributed by atoms with van der Waals surface area (Å²) in [5.41, 5.74) is 1.07. The van der Waals surface area contributed by atoms with Gasteiger partial charge in [-0.05, 0) is 50.5 Å².